The predicted octanol–water partition coefficient (Wildman–Crippen LogP) is 5.21. The molecule has 4 nitrogen and oxygen atoms in total. The van der Waals surface area contributed by atoms with Crippen molar-refractivity contribution in [2.75, 3.05) is 6.54 Å². The van der Waals surface area contributed by atoms with Crippen LogP contribution in [0.3, 0.4) is 0 Å². The Bertz CT molecular complexity index is 532. The zero-order valence-corrected chi connectivity index (χ0v) is 16.4. The number of nitrogens with zero attached hydrogens (tertiary/aromatic N) is 1. The Kier molecular flexibility index (Phi) is 8.67. The van der Waals surface area contributed by atoms with E-state index < -0.39 is 5.60 Å². The number of Topliss-reactive ketones (excluding diaryl/α,β-unsaturated/α-hetero) is 1. The number of benzene rings is 1. The Hall–Kier alpha value is -1.84. The number of ketones is 1. The summed E-state index contributed by atoms with van der Waals surface area (Å²) < 4.78 is 5.49. The van der Waals surface area contributed by atoms with Gasteiger partial charge in [0.05, 0.1) is 0 Å². The summed E-state index contributed by atoms with van der Waals surface area (Å²) >= 11 is 0. The second-order valence-electron chi connectivity index (χ2n) is 7.96. The number of hydrogen-bond acceptors (Lipinski definition) is 3. The molecule has 0 fully saturated rings. The number of amides is 1. The van der Waals surface area contributed by atoms with Gasteiger partial charge in [-0.15, -0.1) is 0 Å². The van der Waals surface area contributed by atoms with E-state index in [-0.39, 0.29) is 11.9 Å². The van der Waals surface area contributed by atoms with E-state index in [2.05, 4.69) is 13.8 Å². The molecule has 0 saturated carbocycles. The monoisotopic (exact) mass is 347 g/mol. The molecular weight excluding hydrogens is 314 g/mol. The Balaban J connectivity index is 2.61. The largest absolute Gasteiger partial charge is 0.444 e. The minimum atomic E-state index is -0.548. The van der Waals surface area contributed by atoms with Crippen molar-refractivity contribution in [1.29, 1.82) is 0 Å². The van der Waals surface area contributed by atoms with Gasteiger partial charge in [-0.1, -0.05) is 50.6 Å². The number of carbonyl (C=O) groups is 2. The van der Waals surface area contributed by atoms with E-state index in [4.69, 9.17) is 4.74 Å². The van der Waals surface area contributed by atoms with Gasteiger partial charge in [-0.25, -0.2) is 4.79 Å². The molecular formula is C21H33NO3. The van der Waals surface area contributed by atoms with E-state index in [1.807, 2.05) is 51.1 Å². The summed E-state index contributed by atoms with van der Waals surface area (Å²) in [6.45, 7) is 10.7. The summed E-state index contributed by atoms with van der Waals surface area (Å²) in [6.07, 6.45) is 2.58. The average Bonchev–Trinajstić information content (AvgIpc) is 2.50. The van der Waals surface area contributed by atoms with Gasteiger partial charge in [-0.05, 0) is 38.7 Å². The Morgan fingerprint density at radius 1 is 1.08 bits per heavy atom. The van der Waals surface area contributed by atoms with Gasteiger partial charge in [0.25, 0.3) is 0 Å². The second-order valence-corrected chi connectivity index (χ2v) is 7.96. The fourth-order valence-corrected chi connectivity index (χ4v) is 2.46. The predicted molar refractivity (Wildman–Crippen MR) is 101 cm³/mol. The van der Waals surface area contributed by atoms with Gasteiger partial charge in [0.2, 0.25) is 0 Å². The molecule has 0 aliphatic rings. The normalized spacial score (nSPS) is 11.4. The van der Waals surface area contributed by atoms with E-state index in [1.165, 1.54) is 0 Å². The Morgan fingerprint density at radius 2 is 1.72 bits per heavy atom. The summed E-state index contributed by atoms with van der Waals surface area (Å²) in [4.78, 5) is 26.2. The molecule has 0 aromatic heterocycles. The molecule has 25 heavy (non-hydrogen) atoms. The lowest BCUT2D eigenvalue weighted by Gasteiger charge is -2.27. The highest BCUT2D eigenvalue weighted by Gasteiger charge is 2.22. The summed E-state index contributed by atoms with van der Waals surface area (Å²) in [6, 6.07) is 9.78. The molecule has 0 aliphatic heterocycles. The first-order valence-corrected chi connectivity index (χ1v) is 9.21. The van der Waals surface area contributed by atoms with Gasteiger partial charge in [0, 0.05) is 25.9 Å². The third-order valence-corrected chi connectivity index (χ3v) is 3.77. The Morgan fingerprint density at radius 3 is 2.28 bits per heavy atom. The van der Waals surface area contributed by atoms with E-state index in [0.717, 1.165) is 18.4 Å². The summed E-state index contributed by atoms with van der Waals surface area (Å²) in [5.41, 5.74) is 0.480. The van der Waals surface area contributed by atoms with Crippen molar-refractivity contribution in [3.8, 4) is 0 Å². The summed E-state index contributed by atoms with van der Waals surface area (Å²) in [5, 5.41) is 0. The second kappa shape index (κ2) is 10.2. The third-order valence-electron chi connectivity index (χ3n) is 3.77. The molecule has 0 heterocycles. The molecule has 0 N–H and O–H groups in total. The quantitative estimate of drug-likeness (QED) is 0.616. The summed E-state index contributed by atoms with van der Waals surface area (Å²) in [5.74, 6) is 0.825. The van der Waals surface area contributed by atoms with Crippen LogP contribution < -0.4 is 0 Å². The van der Waals surface area contributed by atoms with Gasteiger partial charge in [-0.3, -0.25) is 4.79 Å². The smallest absolute Gasteiger partial charge is 0.410 e. The van der Waals surface area contributed by atoms with Crippen LogP contribution in [0, 0.1) is 5.92 Å². The molecule has 0 saturated heterocycles. The maximum atomic E-state index is 12.5. The van der Waals surface area contributed by atoms with E-state index >= 15 is 0 Å². The van der Waals surface area contributed by atoms with E-state index in [1.54, 1.807) is 4.90 Å². The van der Waals surface area contributed by atoms with Gasteiger partial charge in [0.15, 0.2) is 0 Å². The van der Waals surface area contributed by atoms with Crippen molar-refractivity contribution < 1.29 is 14.3 Å². The van der Waals surface area contributed by atoms with Crippen LogP contribution in [0.25, 0.3) is 0 Å². The average molecular weight is 347 g/mol. The first-order chi connectivity index (χ1) is 11.7. The van der Waals surface area contributed by atoms with Crippen molar-refractivity contribution in [1.82, 2.24) is 4.90 Å². The SMILES string of the molecule is CC(C)CCCC(=O)CCN(Cc1ccccc1)C(=O)OC(C)(C)C. The molecule has 0 atom stereocenters. The van der Waals surface area contributed by atoms with Crippen LogP contribution in [0.15, 0.2) is 30.3 Å². The number of ether oxygens (including phenoxy) is 1. The number of rotatable bonds is 9. The molecule has 4 heteroatoms. The highest BCUT2D eigenvalue weighted by Crippen LogP contribution is 2.14. The van der Waals surface area contributed by atoms with Crippen LogP contribution in [0.4, 0.5) is 4.79 Å². The van der Waals surface area contributed by atoms with Gasteiger partial charge in [-0.2, -0.15) is 0 Å². The maximum absolute atomic E-state index is 12.5. The minimum absolute atomic E-state index is 0.210. The molecule has 1 amide bonds. The van der Waals surface area contributed by atoms with Crippen molar-refractivity contribution >= 4 is 11.9 Å². The van der Waals surface area contributed by atoms with Gasteiger partial charge in [0.1, 0.15) is 11.4 Å². The molecule has 1 aromatic carbocycles. The topological polar surface area (TPSA) is 46.6 Å². The molecule has 0 unspecified atom stereocenters. The van der Waals surface area contributed by atoms with E-state index in [9.17, 15) is 9.59 Å². The lowest BCUT2D eigenvalue weighted by molar-refractivity contribution is -0.119. The number of carbonyl (C=O) groups excluding carboxylic acids is 2. The van der Waals surface area contributed by atoms with Crippen molar-refractivity contribution in [3.05, 3.63) is 35.9 Å². The minimum Gasteiger partial charge on any atom is -0.444 e. The maximum Gasteiger partial charge on any atom is 0.410 e. The van der Waals surface area contributed by atoms with Crippen LogP contribution in [0.1, 0.15) is 65.9 Å². The molecule has 0 radical (unpaired) electrons. The molecule has 0 bridgehead atoms. The fourth-order valence-electron chi connectivity index (χ4n) is 2.46. The van der Waals surface area contributed by atoms with Gasteiger partial charge < -0.3 is 9.64 Å². The zero-order valence-electron chi connectivity index (χ0n) is 16.4. The van der Waals surface area contributed by atoms with Crippen LogP contribution in [0.2, 0.25) is 0 Å². The van der Waals surface area contributed by atoms with E-state index in [0.29, 0.717) is 31.8 Å². The molecule has 0 aliphatic carbocycles. The fraction of sp³-hybridized carbons (Fsp3) is 0.619. The summed E-state index contributed by atoms with van der Waals surface area (Å²) in [7, 11) is 0. The lowest BCUT2D eigenvalue weighted by Crippen LogP contribution is -2.37. The van der Waals surface area contributed by atoms with Crippen LogP contribution in [-0.2, 0) is 16.1 Å². The molecule has 140 valence electrons. The van der Waals surface area contributed by atoms with Crippen molar-refractivity contribution in [2.45, 2.75) is 72.4 Å². The van der Waals surface area contributed by atoms with Gasteiger partial charge >= 0.3 is 6.09 Å². The first-order valence-electron chi connectivity index (χ1n) is 9.21. The van der Waals surface area contributed by atoms with Crippen molar-refractivity contribution in [2.24, 2.45) is 5.92 Å². The lowest BCUT2D eigenvalue weighted by atomic mass is 10.0. The standard InChI is InChI=1S/C21H33NO3/c1-17(2)10-9-13-19(23)14-15-22(20(24)25-21(3,4)5)16-18-11-7-6-8-12-18/h6-8,11-12,17H,9-10,13-16H2,1-5H3. The van der Waals surface area contributed by atoms with Crippen LogP contribution in [0.5, 0.6) is 0 Å². The number of hydrogen-bond donors (Lipinski definition) is 0. The molecule has 0 spiro atoms. The first kappa shape index (κ1) is 21.2. The zero-order chi connectivity index (χ0) is 18.9. The molecule has 1 rings (SSSR count). The highest BCUT2D eigenvalue weighted by molar-refractivity contribution is 5.79. The molecule has 1 aromatic rings. The Labute approximate surface area is 152 Å². The van der Waals surface area contributed by atoms with Crippen LogP contribution in [-0.4, -0.2) is 28.9 Å². The highest BCUT2D eigenvalue weighted by atomic mass is 16.6. The van der Waals surface area contributed by atoms with Crippen LogP contribution >= 0.6 is 0 Å². The third kappa shape index (κ3) is 9.90. The van der Waals surface area contributed by atoms with Crippen molar-refractivity contribution in [3.63, 3.8) is 0 Å².